The number of ether oxygens (including phenoxy) is 1. The van der Waals surface area contributed by atoms with E-state index >= 15 is 0 Å². The van der Waals surface area contributed by atoms with Crippen LogP contribution in [-0.2, 0) is 16.0 Å². The molecule has 0 aliphatic heterocycles. The minimum atomic E-state index is -0.627. The number of nitrogens with zero attached hydrogens (tertiary/aromatic N) is 1. The Labute approximate surface area is 174 Å². The Morgan fingerprint density at radius 1 is 1.24 bits per heavy atom. The number of hydrogen-bond acceptors (Lipinski definition) is 4. The summed E-state index contributed by atoms with van der Waals surface area (Å²) in [7, 11) is 0. The van der Waals surface area contributed by atoms with Gasteiger partial charge in [-0.1, -0.05) is 24.2 Å². The van der Waals surface area contributed by atoms with Gasteiger partial charge >= 0.3 is 0 Å². The number of hydrogen-bond donors (Lipinski definition) is 2. The summed E-state index contributed by atoms with van der Waals surface area (Å²) in [6.45, 7) is 5.89. The van der Waals surface area contributed by atoms with E-state index in [0.29, 0.717) is 25.1 Å². The number of rotatable bonds is 10. The molecule has 0 saturated carbocycles. The monoisotopic (exact) mass is 419 g/mol. The zero-order valence-electron chi connectivity index (χ0n) is 16.1. The largest absolute Gasteiger partial charge is 0.484 e. The van der Waals surface area contributed by atoms with Crippen molar-refractivity contribution in [2.45, 2.75) is 26.2 Å². The van der Waals surface area contributed by atoms with Crippen molar-refractivity contribution < 1.29 is 18.7 Å². The van der Waals surface area contributed by atoms with E-state index in [0.717, 1.165) is 17.3 Å². The molecule has 0 atom stereocenters. The van der Waals surface area contributed by atoms with E-state index in [9.17, 15) is 14.0 Å². The van der Waals surface area contributed by atoms with Gasteiger partial charge in [-0.05, 0) is 37.1 Å². The van der Waals surface area contributed by atoms with Crippen molar-refractivity contribution in [1.29, 1.82) is 0 Å². The normalized spacial score (nSPS) is 10.3. The van der Waals surface area contributed by atoms with E-state index in [2.05, 4.69) is 22.2 Å². The highest BCUT2D eigenvalue weighted by molar-refractivity contribution is 6.30. The zero-order valence-corrected chi connectivity index (χ0v) is 16.9. The molecule has 1 heterocycles. The maximum Gasteiger partial charge on any atom is 0.262 e. The van der Waals surface area contributed by atoms with Gasteiger partial charge in [0.05, 0.1) is 5.02 Å². The lowest BCUT2D eigenvalue weighted by Gasteiger charge is -2.10. The Morgan fingerprint density at radius 3 is 2.76 bits per heavy atom. The molecule has 1 aromatic heterocycles. The van der Waals surface area contributed by atoms with Crippen LogP contribution in [0.3, 0.4) is 0 Å². The van der Waals surface area contributed by atoms with Gasteiger partial charge in [0.2, 0.25) is 5.91 Å². The minimum absolute atomic E-state index is 0.0244. The molecule has 29 heavy (non-hydrogen) atoms. The first-order valence-electron chi connectivity index (χ1n) is 9.08. The van der Waals surface area contributed by atoms with Gasteiger partial charge in [0.25, 0.3) is 5.91 Å². The van der Waals surface area contributed by atoms with Gasteiger partial charge in [0.1, 0.15) is 11.6 Å². The highest BCUT2D eigenvalue weighted by atomic mass is 35.5. The molecule has 6 nitrogen and oxygen atoms in total. The van der Waals surface area contributed by atoms with Gasteiger partial charge in [0.15, 0.2) is 6.61 Å². The lowest BCUT2D eigenvalue weighted by molar-refractivity contribution is -0.123. The number of nitrogens with one attached hydrogen (secondary N) is 2. The van der Waals surface area contributed by atoms with Crippen molar-refractivity contribution in [3.05, 3.63) is 70.9 Å². The first-order chi connectivity index (χ1) is 13.8. The summed E-state index contributed by atoms with van der Waals surface area (Å²) in [5.74, 6) is -1.02. The van der Waals surface area contributed by atoms with Crippen LogP contribution in [0.25, 0.3) is 0 Å². The van der Waals surface area contributed by atoms with E-state index < -0.39 is 11.7 Å². The van der Waals surface area contributed by atoms with Crippen LogP contribution in [-0.4, -0.2) is 29.9 Å². The quantitative estimate of drug-likeness (QED) is 0.619. The summed E-state index contributed by atoms with van der Waals surface area (Å²) in [6.07, 6.45) is 2.88. The Morgan fingerprint density at radius 2 is 2.03 bits per heavy atom. The number of benzene rings is 1. The van der Waals surface area contributed by atoms with Crippen LogP contribution in [0.4, 0.5) is 4.39 Å². The Balaban J connectivity index is 1.62. The van der Waals surface area contributed by atoms with Gasteiger partial charge in [-0.25, -0.2) is 4.39 Å². The molecule has 2 amide bonds. The number of amides is 2. The molecule has 1 aromatic carbocycles. The summed E-state index contributed by atoms with van der Waals surface area (Å²) in [5.41, 5.74) is 2.43. The molecule has 2 aromatic rings. The second kappa shape index (κ2) is 11.2. The van der Waals surface area contributed by atoms with Gasteiger partial charge in [-0.15, -0.1) is 0 Å². The summed E-state index contributed by atoms with van der Waals surface area (Å²) in [5, 5.41) is 5.35. The fourth-order valence-corrected chi connectivity index (χ4v) is 2.58. The molecule has 0 bridgehead atoms. The highest BCUT2D eigenvalue weighted by Gasteiger charge is 2.09. The van der Waals surface area contributed by atoms with Gasteiger partial charge in [0, 0.05) is 43.0 Å². The minimum Gasteiger partial charge on any atom is -0.484 e. The molecule has 0 radical (unpaired) electrons. The molecule has 0 spiro atoms. The fourth-order valence-electron chi connectivity index (χ4n) is 2.46. The fraction of sp³-hybridized carbons (Fsp3) is 0.286. The predicted octanol–water partition coefficient (Wildman–Crippen LogP) is 3.33. The van der Waals surface area contributed by atoms with Gasteiger partial charge in [-0.3, -0.25) is 14.6 Å². The number of halogens is 2. The molecule has 154 valence electrons. The molecule has 0 aliphatic rings. The molecule has 2 rings (SSSR count). The zero-order chi connectivity index (χ0) is 21.2. The summed E-state index contributed by atoms with van der Waals surface area (Å²) < 4.78 is 18.5. The van der Waals surface area contributed by atoms with E-state index in [-0.39, 0.29) is 29.7 Å². The number of pyridine rings is 1. The maximum atomic E-state index is 13.3. The average molecular weight is 420 g/mol. The van der Waals surface area contributed by atoms with Crippen LogP contribution < -0.4 is 15.4 Å². The van der Waals surface area contributed by atoms with E-state index in [1.807, 2.05) is 19.1 Å². The van der Waals surface area contributed by atoms with Crippen LogP contribution in [0.15, 0.2) is 48.8 Å². The Bertz CT molecular complexity index is 889. The average Bonchev–Trinajstić information content (AvgIpc) is 2.69. The van der Waals surface area contributed by atoms with Crippen molar-refractivity contribution in [1.82, 2.24) is 15.6 Å². The third-order valence-electron chi connectivity index (χ3n) is 4.03. The predicted molar refractivity (Wildman–Crippen MR) is 109 cm³/mol. The van der Waals surface area contributed by atoms with Crippen LogP contribution in [0.5, 0.6) is 5.75 Å². The first kappa shape index (κ1) is 22.4. The topological polar surface area (TPSA) is 80.3 Å². The summed E-state index contributed by atoms with van der Waals surface area (Å²) >= 11 is 5.59. The number of carbonyl (C=O) groups is 2. The Hall–Kier alpha value is -2.93. The van der Waals surface area contributed by atoms with E-state index in [1.54, 1.807) is 6.20 Å². The van der Waals surface area contributed by atoms with Crippen LogP contribution in [0, 0.1) is 12.7 Å². The lowest BCUT2D eigenvalue weighted by Crippen LogP contribution is -2.30. The van der Waals surface area contributed by atoms with Gasteiger partial charge < -0.3 is 15.4 Å². The number of aryl methyl sites for hydroxylation is 1. The second-order valence-electron chi connectivity index (χ2n) is 6.38. The molecule has 0 saturated heterocycles. The van der Waals surface area contributed by atoms with Crippen molar-refractivity contribution in [2.24, 2.45) is 0 Å². The van der Waals surface area contributed by atoms with Crippen molar-refractivity contribution in [3.8, 4) is 5.75 Å². The first-order valence-corrected chi connectivity index (χ1v) is 9.45. The molecule has 2 N–H and O–H groups in total. The maximum absolute atomic E-state index is 13.3. The number of aromatic nitrogens is 1. The summed E-state index contributed by atoms with van der Waals surface area (Å²) in [6, 6.07) is 7.75. The highest BCUT2D eigenvalue weighted by Crippen LogP contribution is 2.20. The van der Waals surface area contributed by atoms with Crippen molar-refractivity contribution >= 4 is 23.4 Å². The van der Waals surface area contributed by atoms with Crippen LogP contribution in [0.1, 0.15) is 24.1 Å². The third-order valence-corrected chi connectivity index (χ3v) is 4.34. The van der Waals surface area contributed by atoms with E-state index in [4.69, 9.17) is 16.3 Å². The SMILES string of the molecule is C=C(CCC(=O)NCCc1ncccc1C)NC(=O)COc1ccc(Cl)c(F)c1. The lowest BCUT2D eigenvalue weighted by atomic mass is 10.1. The van der Waals surface area contributed by atoms with Crippen LogP contribution >= 0.6 is 11.6 Å². The van der Waals surface area contributed by atoms with Crippen molar-refractivity contribution in [2.75, 3.05) is 13.2 Å². The molecular formula is C21H23ClFN3O3. The Kier molecular flexibility index (Phi) is 8.61. The smallest absolute Gasteiger partial charge is 0.262 e. The van der Waals surface area contributed by atoms with Crippen LogP contribution in [0.2, 0.25) is 5.02 Å². The third kappa shape index (κ3) is 7.91. The number of allylic oxidation sites excluding steroid dienone is 1. The second-order valence-corrected chi connectivity index (χ2v) is 6.79. The molecule has 0 fully saturated rings. The number of carbonyl (C=O) groups excluding carboxylic acids is 2. The summed E-state index contributed by atoms with van der Waals surface area (Å²) in [4.78, 5) is 28.1. The molecular weight excluding hydrogens is 397 g/mol. The standard InChI is InChI=1S/C21H23ClFN3O3/c1-14-4-3-10-24-19(14)9-11-25-20(27)8-5-15(2)26-21(28)13-29-16-6-7-17(22)18(23)12-16/h3-4,6-7,10,12H,2,5,8-9,11,13H2,1H3,(H,25,27)(H,26,28). The molecule has 0 unspecified atom stereocenters. The van der Waals surface area contributed by atoms with Gasteiger partial charge in [-0.2, -0.15) is 0 Å². The molecule has 0 aliphatic carbocycles. The molecule has 8 heteroatoms. The van der Waals surface area contributed by atoms with Crippen molar-refractivity contribution in [3.63, 3.8) is 0 Å². The van der Waals surface area contributed by atoms with E-state index in [1.165, 1.54) is 12.1 Å².